The molecule has 0 saturated carbocycles. The minimum atomic E-state index is -0.783. The Morgan fingerprint density at radius 1 is 0.253 bits per heavy atom. The summed E-state index contributed by atoms with van der Waals surface area (Å²) in [5, 5.41) is 0. The molecule has 6 heteroatoms. The fraction of sp³-hybridized carbons (Fsp3) is 0.779. The van der Waals surface area contributed by atoms with Gasteiger partial charge < -0.3 is 14.2 Å². The van der Waals surface area contributed by atoms with E-state index in [4.69, 9.17) is 14.2 Å². The predicted molar refractivity (Wildman–Crippen MR) is 362 cm³/mol. The fourth-order valence-corrected chi connectivity index (χ4v) is 10.5. The van der Waals surface area contributed by atoms with Gasteiger partial charge in [0.2, 0.25) is 0 Å². The summed E-state index contributed by atoms with van der Waals surface area (Å²) in [4.78, 5) is 38.4. The first-order valence-electron chi connectivity index (χ1n) is 36.1. The first kappa shape index (κ1) is 79.6. The third kappa shape index (κ3) is 69.3. The highest BCUT2D eigenvalue weighted by Gasteiger charge is 2.19. The predicted octanol–water partition coefficient (Wildman–Crippen LogP) is 25.0. The molecule has 0 aromatic rings. The van der Waals surface area contributed by atoms with Crippen molar-refractivity contribution in [3.05, 3.63) is 85.1 Å². The van der Waals surface area contributed by atoms with Crippen LogP contribution in [0.15, 0.2) is 85.1 Å². The number of ether oxygens (including phenoxy) is 3. The largest absolute Gasteiger partial charge is 0.462 e. The molecule has 0 rings (SSSR count). The van der Waals surface area contributed by atoms with E-state index >= 15 is 0 Å². The van der Waals surface area contributed by atoms with Crippen molar-refractivity contribution in [2.45, 2.75) is 374 Å². The summed E-state index contributed by atoms with van der Waals surface area (Å²) >= 11 is 0. The Hall–Kier alpha value is -3.41. The van der Waals surface area contributed by atoms with Crippen LogP contribution in [0.25, 0.3) is 0 Å². The molecular formula is C77H136O6. The summed E-state index contributed by atoms with van der Waals surface area (Å²) < 4.78 is 17.0. The van der Waals surface area contributed by atoms with Crippen molar-refractivity contribution >= 4 is 17.9 Å². The van der Waals surface area contributed by atoms with E-state index in [2.05, 4.69) is 106 Å². The van der Waals surface area contributed by atoms with Crippen molar-refractivity contribution in [2.75, 3.05) is 13.2 Å². The number of rotatable bonds is 66. The highest BCUT2D eigenvalue weighted by molar-refractivity contribution is 5.71. The summed E-state index contributed by atoms with van der Waals surface area (Å²) in [7, 11) is 0. The van der Waals surface area contributed by atoms with Gasteiger partial charge >= 0.3 is 17.9 Å². The van der Waals surface area contributed by atoms with Gasteiger partial charge in [0.05, 0.1) is 0 Å². The van der Waals surface area contributed by atoms with Crippen LogP contribution in [0.3, 0.4) is 0 Å². The molecule has 0 aliphatic rings. The zero-order valence-electron chi connectivity index (χ0n) is 55.2. The number of hydrogen-bond acceptors (Lipinski definition) is 6. The maximum absolute atomic E-state index is 12.9. The van der Waals surface area contributed by atoms with Crippen molar-refractivity contribution in [1.82, 2.24) is 0 Å². The van der Waals surface area contributed by atoms with Gasteiger partial charge in [-0.15, -0.1) is 0 Å². The van der Waals surface area contributed by atoms with Crippen molar-refractivity contribution in [3.63, 3.8) is 0 Å². The van der Waals surface area contributed by atoms with Gasteiger partial charge in [0, 0.05) is 19.3 Å². The van der Waals surface area contributed by atoms with Crippen LogP contribution >= 0.6 is 0 Å². The zero-order chi connectivity index (χ0) is 59.9. The molecule has 0 aliphatic carbocycles. The van der Waals surface area contributed by atoms with Gasteiger partial charge in [-0.05, 0) is 96.3 Å². The lowest BCUT2D eigenvalue weighted by Gasteiger charge is -2.18. The molecule has 0 aromatic carbocycles. The van der Waals surface area contributed by atoms with E-state index in [0.717, 1.165) is 109 Å². The topological polar surface area (TPSA) is 78.9 Å². The second-order valence-corrected chi connectivity index (χ2v) is 24.1. The summed E-state index contributed by atoms with van der Waals surface area (Å²) in [6, 6.07) is 0. The lowest BCUT2D eigenvalue weighted by atomic mass is 10.0. The van der Waals surface area contributed by atoms with Gasteiger partial charge in [-0.1, -0.05) is 337 Å². The monoisotopic (exact) mass is 1160 g/mol. The number of allylic oxidation sites excluding steroid dienone is 14. The molecule has 0 aliphatic heterocycles. The van der Waals surface area contributed by atoms with Crippen LogP contribution in [0, 0.1) is 0 Å². The molecule has 0 radical (unpaired) electrons. The van der Waals surface area contributed by atoms with E-state index in [9.17, 15) is 14.4 Å². The van der Waals surface area contributed by atoms with E-state index < -0.39 is 6.10 Å². The van der Waals surface area contributed by atoms with Crippen molar-refractivity contribution in [2.24, 2.45) is 0 Å². The maximum Gasteiger partial charge on any atom is 0.306 e. The van der Waals surface area contributed by atoms with E-state index in [1.165, 1.54) is 218 Å². The third-order valence-electron chi connectivity index (χ3n) is 15.9. The summed E-state index contributed by atoms with van der Waals surface area (Å²) in [6.07, 6.45) is 94.8. The Labute approximate surface area is 515 Å². The van der Waals surface area contributed by atoms with Crippen LogP contribution in [0.4, 0.5) is 0 Å². The van der Waals surface area contributed by atoms with E-state index in [0.29, 0.717) is 19.3 Å². The average Bonchev–Trinajstić information content (AvgIpc) is 3.49. The highest BCUT2D eigenvalue weighted by Crippen LogP contribution is 2.18. The minimum Gasteiger partial charge on any atom is -0.462 e. The van der Waals surface area contributed by atoms with E-state index in [1.807, 2.05) is 0 Å². The standard InChI is InChI=1S/C77H136O6/c1-4-7-10-13-16-19-22-25-27-29-31-32-33-34-35-36-37-38-39-40-41-42-43-44-46-47-49-52-55-58-61-64-67-70-76(79)82-73-74(72-81-75(78)69-66-63-60-57-54-51-24-21-18-15-12-9-6-3)83-77(80)71-68-65-62-59-56-53-50-48-45-30-28-26-23-20-17-14-11-8-5-2/h8,11,17,20,22,25-26,28-29,31,33-34,45,48,74H,4-7,9-10,12-16,18-19,21,23-24,27,30,32,35-44,46-47,49-73H2,1-3H3/b11-8-,20-17-,25-22-,28-26-,31-29-,34-33-,48-45-. The van der Waals surface area contributed by atoms with Crippen LogP contribution in [0.1, 0.15) is 367 Å². The molecule has 0 fully saturated rings. The van der Waals surface area contributed by atoms with Gasteiger partial charge in [-0.2, -0.15) is 0 Å². The molecule has 0 aromatic heterocycles. The number of carbonyl (C=O) groups excluding carboxylic acids is 3. The van der Waals surface area contributed by atoms with Gasteiger partial charge in [0.15, 0.2) is 6.10 Å². The molecule has 83 heavy (non-hydrogen) atoms. The zero-order valence-corrected chi connectivity index (χ0v) is 55.2. The quantitative estimate of drug-likeness (QED) is 0.0261. The molecule has 0 N–H and O–H groups in total. The number of unbranched alkanes of at least 4 members (excludes halogenated alkanes) is 41. The Balaban J connectivity index is 4.18. The highest BCUT2D eigenvalue weighted by atomic mass is 16.6. The van der Waals surface area contributed by atoms with Crippen molar-refractivity contribution in [3.8, 4) is 0 Å². The minimum absolute atomic E-state index is 0.0777. The normalized spacial score (nSPS) is 12.6. The van der Waals surface area contributed by atoms with Crippen LogP contribution in [-0.4, -0.2) is 37.2 Å². The summed E-state index contributed by atoms with van der Waals surface area (Å²) in [5.74, 6) is -0.872. The number of carbonyl (C=O) groups is 3. The second-order valence-electron chi connectivity index (χ2n) is 24.1. The molecular weight excluding hydrogens is 1020 g/mol. The van der Waals surface area contributed by atoms with Gasteiger partial charge in [0.1, 0.15) is 13.2 Å². The van der Waals surface area contributed by atoms with Crippen LogP contribution < -0.4 is 0 Å². The summed E-state index contributed by atoms with van der Waals surface area (Å²) in [6.45, 7) is 6.55. The molecule has 6 nitrogen and oxygen atoms in total. The fourth-order valence-electron chi connectivity index (χ4n) is 10.5. The molecule has 0 heterocycles. The molecule has 0 amide bonds. The Kier molecular flexibility index (Phi) is 68.2. The number of esters is 3. The Bertz CT molecular complexity index is 1570. The Morgan fingerprint density at radius 3 is 0.735 bits per heavy atom. The van der Waals surface area contributed by atoms with Crippen molar-refractivity contribution < 1.29 is 28.6 Å². The van der Waals surface area contributed by atoms with Crippen LogP contribution in [0.5, 0.6) is 0 Å². The number of hydrogen-bond donors (Lipinski definition) is 0. The lowest BCUT2D eigenvalue weighted by Crippen LogP contribution is -2.30. The van der Waals surface area contributed by atoms with Gasteiger partial charge in [0.25, 0.3) is 0 Å². The first-order chi connectivity index (χ1) is 41.0. The van der Waals surface area contributed by atoms with Gasteiger partial charge in [-0.25, -0.2) is 0 Å². The smallest absolute Gasteiger partial charge is 0.306 e. The molecule has 0 saturated heterocycles. The Morgan fingerprint density at radius 2 is 0.470 bits per heavy atom. The van der Waals surface area contributed by atoms with Crippen LogP contribution in [-0.2, 0) is 28.6 Å². The molecule has 0 spiro atoms. The second kappa shape index (κ2) is 71.1. The van der Waals surface area contributed by atoms with Crippen LogP contribution in [0.2, 0.25) is 0 Å². The molecule has 480 valence electrons. The molecule has 1 unspecified atom stereocenters. The van der Waals surface area contributed by atoms with E-state index in [1.54, 1.807) is 0 Å². The summed E-state index contributed by atoms with van der Waals surface area (Å²) in [5.41, 5.74) is 0. The maximum atomic E-state index is 12.9. The average molecular weight is 1160 g/mol. The molecule has 0 bridgehead atoms. The molecule has 1 atom stereocenters. The first-order valence-corrected chi connectivity index (χ1v) is 36.1. The third-order valence-corrected chi connectivity index (χ3v) is 15.9. The SMILES string of the molecule is CC/C=C\C/C=C\C/C=C\C/C=C\CCCCCCCCC(=O)OC(COC(=O)CCCCCCCCCCCCCCC)COC(=O)CCCCCCCCCCCCCCCCCCCC/C=C\C/C=C\C/C=C\CCCCCCC. The van der Waals surface area contributed by atoms with E-state index in [-0.39, 0.29) is 31.1 Å². The van der Waals surface area contributed by atoms with Gasteiger partial charge in [-0.3, -0.25) is 14.4 Å². The van der Waals surface area contributed by atoms with Crippen molar-refractivity contribution in [1.29, 1.82) is 0 Å². The lowest BCUT2D eigenvalue weighted by molar-refractivity contribution is -0.167.